The molecule has 90 valence electrons. The maximum atomic E-state index is 4.28. The third-order valence-corrected chi connectivity index (χ3v) is 3.07. The Hall–Kier alpha value is -1.10. The van der Waals surface area contributed by atoms with Crippen LogP contribution in [0.1, 0.15) is 32.5 Å². The van der Waals surface area contributed by atoms with Gasteiger partial charge < -0.3 is 10.6 Å². The van der Waals surface area contributed by atoms with Crippen molar-refractivity contribution in [2.45, 2.75) is 45.7 Å². The molecular weight excluding hydrogens is 202 g/mol. The number of anilines is 1. The van der Waals surface area contributed by atoms with Crippen molar-refractivity contribution in [2.75, 3.05) is 18.4 Å². The summed E-state index contributed by atoms with van der Waals surface area (Å²) in [6.07, 6.45) is 3.53. The molecule has 0 radical (unpaired) electrons. The van der Waals surface area contributed by atoms with Crippen LogP contribution in [0.2, 0.25) is 0 Å². The zero-order chi connectivity index (χ0) is 11.4. The summed E-state index contributed by atoms with van der Waals surface area (Å²) in [4.78, 5) is 0. The second-order valence-corrected chi connectivity index (χ2v) is 4.21. The maximum absolute atomic E-state index is 4.28. The fourth-order valence-electron chi connectivity index (χ4n) is 2.26. The molecule has 2 rings (SSSR count). The Balaban J connectivity index is 2.07. The van der Waals surface area contributed by atoms with E-state index in [0.717, 1.165) is 37.8 Å². The van der Waals surface area contributed by atoms with Crippen molar-refractivity contribution in [3.8, 4) is 0 Å². The summed E-state index contributed by atoms with van der Waals surface area (Å²) in [6, 6.07) is 0.587. The average molecular weight is 223 g/mol. The molecule has 1 aromatic rings. The highest BCUT2D eigenvalue weighted by molar-refractivity contribution is 5.25. The van der Waals surface area contributed by atoms with E-state index in [1.807, 2.05) is 0 Å². The predicted molar refractivity (Wildman–Crippen MR) is 64.6 cm³/mol. The van der Waals surface area contributed by atoms with Gasteiger partial charge in [-0.1, -0.05) is 0 Å². The monoisotopic (exact) mass is 223 g/mol. The van der Waals surface area contributed by atoms with Crippen LogP contribution in [0.4, 0.5) is 5.95 Å². The first-order valence-corrected chi connectivity index (χ1v) is 6.24. The summed E-state index contributed by atoms with van der Waals surface area (Å²) in [5.41, 5.74) is 0. The van der Waals surface area contributed by atoms with Crippen molar-refractivity contribution in [3.05, 3.63) is 5.82 Å². The topological polar surface area (TPSA) is 54.8 Å². The molecule has 0 aromatic carbocycles. The lowest BCUT2D eigenvalue weighted by molar-refractivity contribution is 0.562. The summed E-state index contributed by atoms with van der Waals surface area (Å²) in [5, 5.41) is 15.2. The van der Waals surface area contributed by atoms with Crippen molar-refractivity contribution in [1.82, 2.24) is 20.1 Å². The quantitative estimate of drug-likeness (QED) is 0.782. The van der Waals surface area contributed by atoms with E-state index in [1.54, 1.807) is 0 Å². The van der Waals surface area contributed by atoms with Gasteiger partial charge in [0.15, 0.2) is 0 Å². The summed E-state index contributed by atoms with van der Waals surface area (Å²) in [7, 11) is 0. The molecule has 0 aliphatic carbocycles. The number of hydrogen-bond donors (Lipinski definition) is 2. The van der Waals surface area contributed by atoms with Gasteiger partial charge in [0, 0.05) is 25.6 Å². The Morgan fingerprint density at radius 2 is 2.31 bits per heavy atom. The Morgan fingerprint density at radius 1 is 1.44 bits per heavy atom. The van der Waals surface area contributed by atoms with E-state index in [4.69, 9.17) is 0 Å². The van der Waals surface area contributed by atoms with Crippen LogP contribution in [0.3, 0.4) is 0 Å². The highest BCUT2D eigenvalue weighted by Gasteiger charge is 2.18. The number of nitrogens with one attached hydrogen (secondary N) is 2. The Kier molecular flexibility index (Phi) is 3.77. The molecule has 1 aliphatic rings. The fourth-order valence-corrected chi connectivity index (χ4v) is 2.26. The van der Waals surface area contributed by atoms with E-state index in [9.17, 15) is 0 Å². The Bertz CT molecular complexity index is 327. The third-order valence-electron chi connectivity index (χ3n) is 3.07. The predicted octanol–water partition coefficient (Wildman–Crippen LogP) is 1.02. The fraction of sp³-hybridized carbons (Fsp3) is 0.818. The molecule has 5 heteroatoms. The number of nitrogens with zero attached hydrogens (tertiary/aromatic N) is 3. The molecular formula is C11H21N5. The Morgan fingerprint density at radius 3 is 2.94 bits per heavy atom. The lowest BCUT2D eigenvalue weighted by Crippen LogP contribution is -2.25. The van der Waals surface area contributed by atoms with Gasteiger partial charge in [0.1, 0.15) is 5.82 Å². The summed E-state index contributed by atoms with van der Waals surface area (Å²) < 4.78 is 2.17. The van der Waals surface area contributed by atoms with Crippen molar-refractivity contribution in [1.29, 1.82) is 0 Å². The molecule has 0 bridgehead atoms. The van der Waals surface area contributed by atoms with Crippen molar-refractivity contribution >= 4 is 5.95 Å². The van der Waals surface area contributed by atoms with Crippen molar-refractivity contribution < 1.29 is 0 Å². The highest BCUT2D eigenvalue weighted by atomic mass is 15.3. The zero-order valence-electron chi connectivity index (χ0n) is 10.2. The van der Waals surface area contributed by atoms with Crippen LogP contribution in [-0.2, 0) is 13.0 Å². The molecule has 16 heavy (non-hydrogen) atoms. The van der Waals surface area contributed by atoms with Gasteiger partial charge in [-0.05, 0) is 33.2 Å². The molecule has 2 N–H and O–H groups in total. The van der Waals surface area contributed by atoms with E-state index in [1.165, 1.54) is 12.8 Å². The molecule has 1 aliphatic heterocycles. The van der Waals surface area contributed by atoms with Gasteiger partial charge in [0.2, 0.25) is 5.95 Å². The first-order valence-electron chi connectivity index (χ1n) is 6.24. The van der Waals surface area contributed by atoms with Gasteiger partial charge in [-0.15, -0.1) is 10.2 Å². The van der Waals surface area contributed by atoms with Gasteiger partial charge in [0.25, 0.3) is 0 Å². The van der Waals surface area contributed by atoms with Gasteiger partial charge >= 0.3 is 0 Å². The number of aromatic nitrogens is 3. The molecule has 0 amide bonds. The summed E-state index contributed by atoms with van der Waals surface area (Å²) in [6.45, 7) is 7.17. The molecule has 1 aromatic heterocycles. The van der Waals surface area contributed by atoms with Gasteiger partial charge in [-0.2, -0.15) is 0 Å². The SMILES string of the molecule is CCNc1nnc(CC2CCCN2)n1CC. The lowest BCUT2D eigenvalue weighted by atomic mass is 10.1. The van der Waals surface area contributed by atoms with Gasteiger partial charge in [-0.3, -0.25) is 4.57 Å². The zero-order valence-corrected chi connectivity index (χ0v) is 10.2. The van der Waals surface area contributed by atoms with Crippen LogP contribution in [0, 0.1) is 0 Å². The van der Waals surface area contributed by atoms with E-state index in [0.29, 0.717) is 6.04 Å². The van der Waals surface area contributed by atoms with E-state index in [-0.39, 0.29) is 0 Å². The second kappa shape index (κ2) is 5.30. The lowest BCUT2D eigenvalue weighted by Gasteiger charge is -2.11. The first kappa shape index (κ1) is 11.4. The summed E-state index contributed by atoms with van der Waals surface area (Å²) >= 11 is 0. The second-order valence-electron chi connectivity index (χ2n) is 4.21. The minimum atomic E-state index is 0.587. The van der Waals surface area contributed by atoms with Crippen LogP contribution in [0.25, 0.3) is 0 Å². The van der Waals surface area contributed by atoms with E-state index >= 15 is 0 Å². The van der Waals surface area contributed by atoms with E-state index < -0.39 is 0 Å². The largest absolute Gasteiger partial charge is 0.355 e. The number of hydrogen-bond acceptors (Lipinski definition) is 4. The van der Waals surface area contributed by atoms with Gasteiger partial charge in [0.05, 0.1) is 0 Å². The minimum absolute atomic E-state index is 0.587. The van der Waals surface area contributed by atoms with Gasteiger partial charge in [-0.25, -0.2) is 0 Å². The normalized spacial score (nSPS) is 20.2. The average Bonchev–Trinajstić information content (AvgIpc) is 2.90. The molecule has 0 spiro atoms. The molecule has 1 fully saturated rings. The molecule has 1 atom stereocenters. The summed E-state index contributed by atoms with van der Waals surface area (Å²) in [5.74, 6) is 2.00. The van der Waals surface area contributed by atoms with Crippen LogP contribution in [0.5, 0.6) is 0 Å². The van der Waals surface area contributed by atoms with Crippen molar-refractivity contribution in [2.24, 2.45) is 0 Å². The van der Waals surface area contributed by atoms with E-state index in [2.05, 4.69) is 39.2 Å². The highest BCUT2D eigenvalue weighted by Crippen LogP contribution is 2.13. The van der Waals surface area contributed by atoms with Crippen LogP contribution < -0.4 is 10.6 Å². The van der Waals surface area contributed by atoms with Crippen molar-refractivity contribution in [3.63, 3.8) is 0 Å². The maximum Gasteiger partial charge on any atom is 0.224 e. The molecule has 5 nitrogen and oxygen atoms in total. The molecule has 0 saturated carbocycles. The Labute approximate surface area is 96.6 Å². The van der Waals surface area contributed by atoms with Crippen LogP contribution in [-0.4, -0.2) is 33.9 Å². The minimum Gasteiger partial charge on any atom is -0.355 e. The molecule has 1 unspecified atom stereocenters. The molecule has 1 saturated heterocycles. The smallest absolute Gasteiger partial charge is 0.224 e. The number of rotatable bonds is 5. The standard InChI is InChI=1S/C11H21N5/c1-3-12-11-15-14-10(16(11)4-2)8-9-6-5-7-13-9/h9,13H,3-8H2,1-2H3,(H,12,15). The molecule has 2 heterocycles. The van der Waals surface area contributed by atoms with Crippen LogP contribution in [0.15, 0.2) is 0 Å². The third kappa shape index (κ3) is 2.35. The first-order chi connectivity index (χ1) is 7.85. The van der Waals surface area contributed by atoms with Crippen LogP contribution >= 0.6 is 0 Å².